The predicted octanol–water partition coefficient (Wildman–Crippen LogP) is -0.927. The molecule has 2 rings (SSSR count). The Balaban J connectivity index is 2.28. The second-order valence-corrected chi connectivity index (χ2v) is 27.1. The fraction of sp³-hybridized carbons (Fsp3) is 0.638. The number of aliphatic hydroxyl groups is 1. The van der Waals surface area contributed by atoms with Crippen molar-refractivity contribution in [2.45, 2.75) is 226 Å². The third-order valence-electron chi connectivity index (χ3n) is 16.0. The number of carboxylic acids is 1. The number of hydrogen-bond acceptors (Lipinski definition) is 17. The summed E-state index contributed by atoms with van der Waals surface area (Å²) in [5, 5.41) is 51.2. The first-order chi connectivity index (χ1) is 46.6. The normalized spacial score (nSPS) is 15.0. The number of benzene rings is 2. The minimum atomic E-state index is -1.67. The molecule has 554 valence electrons. The lowest BCUT2D eigenvalue weighted by Crippen LogP contribution is -2.61. The van der Waals surface area contributed by atoms with Crippen molar-refractivity contribution in [1.29, 1.82) is 0 Å². The van der Waals surface area contributed by atoms with E-state index in [9.17, 15) is 72.5 Å². The quantitative estimate of drug-likeness (QED) is 0.0356. The summed E-state index contributed by atoms with van der Waals surface area (Å²) >= 11 is 0. The lowest BCUT2D eigenvalue weighted by molar-refractivity contribution is -0.143. The summed E-state index contributed by atoms with van der Waals surface area (Å²) in [6.45, 7) is 19.0. The van der Waals surface area contributed by atoms with Crippen molar-refractivity contribution >= 4 is 76.9 Å². The monoisotopic (exact) mass is 1390 g/mol. The van der Waals surface area contributed by atoms with E-state index in [-0.39, 0.29) is 75.8 Å². The van der Waals surface area contributed by atoms with Crippen LogP contribution in [0, 0.1) is 29.6 Å². The molecule has 0 heterocycles. The Morgan fingerprint density at radius 2 is 0.727 bits per heavy atom. The highest BCUT2D eigenvalue weighted by atomic mass is 16.4. The van der Waals surface area contributed by atoms with Crippen LogP contribution in [0.25, 0.3) is 0 Å². The molecule has 99 heavy (non-hydrogen) atoms. The average molecular weight is 1390 g/mol. The molecule has 12 amide bonds. The van der Waals surface area contributed by atoms with Crippen LogP contribution < -0.4 is 81.0 Å². The number of amides is 12. The largest absolute Gasteiger partial charge is 0.480 e. The van der Waals surface area contributed by atoms with Crippen molar-refractivity contribution in [2.24, 2.45) is 46.8 Å². The van der Waals surface area contributed by atoms with E-state index in [2.05, 4.69) is 63.8 Å². The molecule has 0 saturated heterocycles. The van der Waals surface area contributed by atoms with Crippen LogP contribution >= 0.6 is 0 Å². The van der Waals surface area contributed by atoms with Gasteiger partial charge in [-0.25, -0.2) is 4.79 Å². The summed E-state index contributed by atoms with van der Waals surface area (Å²) in [6, 6.07) is 2.45. The maximum absolute atomic E-state index is 14.6. The fourth-order valence-electron chi connectivity index (χ4n) is 10.4. The number of nitrogens with two attached hydrogens (primary N) is 3. The first-order valence-corrected chi connectivity index (χ1v) is 34.3. The highest BCUT2D eigenvalue weighted by Gasteiger charge is 2.37. The van der Waals surface area contributed by atoms with Gasteiger partial charge in [0.25, 0.3) is 0 Å². The summed E-state index contributed by atoms with van der Waals surface area (Å²) < 4.78 is 0. The van der Waals surface area contributed by atoms with E-state index in [4.69, 9.17) is 17.2 Å². The molecule has 30 heteroatoms. The number of aliphatic hydroxyl groups excluding tert-OH is 1. The number of unbranched alkanes of at least 4 members (excludes halogenated alkanes) is 2. The van der Waals surface area contributed by atoms with E-state index in [1.165, 1.54) is 13.8 Å². The molecule has 0 unspecified atom stereocenters. The van der Waals surface area contributed by atoms with Gasteiger partial charge in [0.1, 0.15) is 66.5 Å². The van der Waals surface area contributed by atoms with Gasteiger partial charge in [0.15, 0.2) is 0 Å². The third-order valence-corrected chi connectivity index (χ3v) is 16.0. The molecule has 30 nitrogen and oxygen atoms in total. The van der Waals surface area contributed by atoms with Gasteiger partial charge < -0.3 is 91.2 Å². The first-order valence-electron chi connectivity index (χ1n) is 34.3. The maximum atomic E-state index is 14.6. The van der Waals surface area contributed by atoms with Gasteiger partial charge in [-0.3, -0.25) is 57.5 Å². The zero-order valence-corrected chi connectivity index (χ0v) is 59.6. The molecular formula is C69H113N15O15. The van der Waals surface area contributed by atoms with Crippen molar-refractivity contribution in [3.05, 3.63) is 71.8 Å². The van der Waals surface area contributed by atoms with Crippen LogP contribution in [0.15, 0.2) is 60.7 Å². The van der Waals surface area contributed by atoms with Crippen molar-refractivity contribution in [1.82, 2.24) is 63.8 Å². The van der Waals surface area contributed by atoms with Gasteiger partial charge in [-0.2, -0.15) is 0 Å². The second-order valence-electron chi connectivity index (χ2n) is 27.1. The van der Waals surface area contributed by atoms with Crippen LogP contribution in [-0.2, 0) is 75.2 Å². The molecule has 0 bridgehead atoms. The lowest BCUT2D eigenvalue weighted by Gasteiger charge is -2.29. The third kappa shape index (κ3) is 32.7. The molecule has 0 radical (unpaired) electrons. The molecular weight excluding hydrogens is 1280 g/mol. The lowest BCUT2D eigenvalue weighted by atomic mass is 9.99. The number of carbonyl (C=O) groups excluding carboxylic acids is 12. The molecule has 0 saturated carbocycles. The fourth-order valence-corrected chi connectivity index (χ4v) is 10.4. The highest BCUT2D eigenvalue weighted by molar-refractivity contribution is 5.99. The smallest absolute Gasteiger partial charge is 0.326 e. The summed E-state index contributed by atoms with van der Waals surface area (Å²) in [5.41, 5.74) is 19.2. The molecule has 12 atom stereocenters. The molecule has 0 fully saturated rings. The Morgan fingerprint density at radius 3 is 1.16 bits per heavy atom. The van der Waals surface area contributed by atoms with Gasteiger partial charge in [-0.1, -0.05) is 130 Å². The number of aliphatic carboxylic acids is 1. The van der Waals surface area contributed by atoms with Crippen LogP contribution in [0.1, 0.15) is 152 Å². The summed E-state index contributed by atoms with van der Waals surface area (Å²) in [6.07, 6.45) is 2.15. The molecule has 0 spiro atoms. The van der Waals surface area contributed by atoms with Crippen molar-refractivity contribution in [3.63, 3.8) is 0 Å². The molecule has 0 aliphatic heterocycles. The molecule has 0 aliphatic carbocycles. The van der Waals surface area contributed by atoms with Crippen LogP contribution in [-0.4, -0.2) is 186 Å². The standard InChI is InChI=1S/C69H113N15O15/c1-38(2)31-50(79-60(89)47(72)34-45-23-15-13-16-24-45)61(90)73-36-55(86)74-43(11)58(87)78-51(32-39(3)4)64(93)80-52(35-46-25-17-14-18-26-46)65(94)76-48(27-19-21-29-70)62(91)83-56(41(7)8)67(96)75-44(12)59(88)82-54(37-85)66(95)77-49(28-20-22-30-71)63(92)84-57(42(9)10)68(97)81-53(69(98)99)33-40(5)6/h13-18,23-26,38-44,47-54,56-57,85H,19-22,27-37,70-72H2,1-12H3,(H,73,90)(H,74,86)(H,75,96)(H,76,94)(H,77,95)(H,78,87)(H,79,89)(H,80,93)(H,81,97)(H,82,88)(H,83,91)(H,84,92)(H,98,99)/t43-,44-,47-,48-,49-,50-,51-,52-,53-,54-,56-,57-/m0/s1. The number of nitrogens with one attached hydrogen (secondary N) is 12. The minimum Gasteiger partial charge on any atom is -0.480 e. The average Bonchev–Trinajstić information content (AvgIpc) is 0.866. The molecule has 0 aliphatic rings. The van der Waals surface area contributed by atoms with Crippen molar-refractivity contribution < 1.29 is 72.5 Å². The Kier molecular flexibility index (Phi) is 39.4. The molecule has 20 N–H and O–H groups in total. The van der Waals surface area contributed by atoms with E-state index in [0.717, 1.165) is 5.56 Å². The zero-order chi connectivity index (χ0) is 74.6. The van der Waals surface area contributed by atoms with Gasteiger partial charge in [0, 0.05) is 6.42 Å². The summed E-state index contributed by atoms with van der Waals surface area (Å²) in [4.78, 5) is 177. The van der Waals surface area contributed by atoms with Gasteiger partial charge >= 0.3 is 5.97 Å². The van der Waals surface area contributed by atoms with Gasteiger partial charge in [0.2, 0.25) is 70.9 Å². The minimum absolute atomic E-state index is 0.0176. The van der Waals surface area contributed by atoms with E-state index in [0.29, 0.717) is 31.2 Å². The number of hydrogen-bond donors (Lipinski definition) is 17. The zero-order valence-electron chi connectivity index (χ0n) is 59.6. The van der Waals surface area contributed by atoms with Gasteiger partial charge in [0.05, 0.1) is 19.2 Å². The van der Waals surface area contributed by atoms with Gasteiger partial charge in [-0.05, 0) is 132 Å². The van der Waals surface area contributed by atoms with Crippen LogP contribution in [0.3, 0.4) is 0 Å². The number of carbonyl (C=O) groups is 13. The molecule has 0 aromatic heterocycles. The molecule has 2 aromatic rings. The van der Waals surface area contributed by atoms with Crippen LogP contribution in [0.4, 0.5) is 0 Å². The van der Waals surface area contributed by atoms with Crippen molar-refractivity contribution in [3.8, 4) is 0 Å². The summed E-state index contributed by atoms with van der Waals surface area (Å²) in [7, 11) is 0. The van der Waals surface area contributed by atoms with E-state index in [1.807, 2.05) is 44.2 Å². The van der Waals surface area contributed by atoms with E-state index < -0.39 is 174 Å². The van der Waals surface area contributed by atoms with Gasteiger partial charge in [-0.15, -0.1) is 0 Å². The first kappa shape index (κ1) is 86.5. The Labute approximate surface area is 582 Å². The Morgan fingerprint density at radius 1 is 0.374 bits per heavy atom. The number of carboxylic acid groups (broad SMARTS) is 1. The van der Waals surface area contributed by atoms with Crippen LogP contribution in [0.5, 0.6) is 0 Å². The predicted molar refractivity (Wildman–Crippen MR) is 372 cm³/mol. The summed E-state index contributed by atoms with van der Waals surface area (Å²) in [5.74, 6) is -12.2. The Bertz CT molecular complexity index is 2940. The topological polar surface area (TPSA) is 485 Å². The SMILES string of the molecule is CC(C)C[C@H](NC(=O)[C@@H](NC(=O)[C@H](CCCCN)NC(=O)[C@H](CO)NC(=O)[C@H](C)NC(=O)[C@@H](NC(=O)[C@H](CCCCN)NC(=O)[C@H](Cc1ccccc1)NC(=O)[C@H](CC(C)C)NC(=O)[C@H](C)NC(=O)CNC(=O)[C@H](CC(C)C)NC(=O)[C@@H](N)Cc1ccccc1)C(C)C)C(C)C)C(=O)O. The maximum Gasteiger partial charge on any atom is 0.326 e. The Hall–Kier alpha value is -8.61. The number of rotatable bonds is 46. The van der Waals surface area contributed by atoms with E-state index in [1.54, 1.807) is 85.7 Å². The van der Waals surface area contributed by atoms with E-state index >= 15 is 0 Å². The van der Waals surface area contributed by atoms with Crippen molar-refractivity contribution in [2.75, 3.05) is 26.2 Å². The van der Waals surface area contributed by atoms with Crippen LogP contribution in [0.2, 0.25) is 0 Å². The second kappa shape index (κ2) is 45.1. The molecule has 2 aromatic carbocycles. The highest BCUT2D eigenvalue weighted by Crippen LogP contribution is 2.15.